The van der Waals surface area contributed by atoms with Crippen LogP contribution < -0.4 is 5.32 Å². The molecule has 15 heavy (non-hydrogen) atoms. The Labute approximate surface area is 94.3 Å². The Balaban J connectivity index is 0.000000124. The van der Waals surface area contributed by atoms with Crippen molar-refractivity contribution in [3.63, 3.8) is 0 Å². The van der Waals surface area contributed by atoms with Crippen molar-refractivity contribution in [1.29, 1.82) is 0 Å². The lowest BCUT2D eigenvalue weighted by molar-refractivity contribution is 0.520. The number of piperidine rings is 1. The number of aromatic nitrogens is 1. The average Bonchev–Trinajstić information content (AvgIpc) is 2.80. The Morgan fingerprint density at radius 3 is 2.47 bits per heavy atom. The van der Waals surface area contributed by atoms with E-state index in [4.69, 9.17) is 0 Å². The molecule has 0 unspecified atom stereocenters. The fraction of sp³-hybridized carbons (Fsp3) is 0.417. The minimum atomic E-state index is 1.10. The predicted octanol–water partition coefficient (Wildman–Crippen LogP) is 3.06. The number of fused-ring (bicyclic) bond motifs is 1. The summed E-state index contributed by atoms with van der Waals surface area (Å²) in [7, 11) is 0. The fourth-order valence-electron chi connectivity index (χ4n) is 1.61. The number of benzene rings is 1. The van der Waals surface area contributed by atoms with Gasteiger partial charge in [-0.25, -0.2) is 4.98 Å². The third-order valence-electron chi connectivity index (χ3n) is 2.44. The summed E-state index contributed by atoms with van der Waals surface area (Å²) < 4.78 is 1.26. The second-order valence-corrected chi connectivity index (χ2v) is 4.52. The Kier molecular flexibility index (Phi) is 4.11. The standard InChI is InChI=1S/C7H5NS.C5H11N/c1-2-4-7-6(3-1)8-5-9-7;1-2-4-6-5-3-1/h1-5H;6H,1-5H2. The van der Waals surface area contributed by atoms with E-state index in [1.807, 2.05) is 23.7 Å². The van der Waals surface area contributed by atoms with E-state index < -0.39 is 0 Å². The van der Waals surface area contributed by atoms with E-state index in [1.165, 1.54) is 37.1 Å². The molecule has 1 saturated heterocycles. The van der Waals surface area contributed by atoms with E-state index >= 15 is 0 Å². The van der Waals surface area contributed by atoms with E-state index in [0.717, 1.165) is 5.52 Å². The van der Waals surface area contributed by atoms with Crippen molar-refractivity contribution in [2.24, 2.45) is 0 Å². The van der Waals surface area contributed by atoms with Crippen molar-refractivity contribution in [3.05, 3.63) is 29.8 Å². The number of thiazole rings is 1. The van der Waals surface area contributed by atoms with E-state index in [2.05, 4.69) is 16.4 Å². The molecule has 1 fully saturated rings. The van der Waals surface area contributed by atoms with E-state index in [1.54, 1.807) is 11.3 Å². The molecule has 3 rings (SSSR count). The Bertz CT molecular complexity index is 351. The molecule has 1 aromatic carbocycles. The molecular weight excluding hydrogens is 204 g/mol. The minimum absolute atomic E-state index is 1.10. The highest BCUT2D eigenvalue weighted by molar-refractivity contribution is 7.16. The van der Waals surface area contributed by atoms with Crippen LogP contribution in [-0.4, -0.2) is 18.1 Å². The van der Waals surface area contributed by atoms with Gasteiger partial charge in [0.25, 0.3) is 0 Å². The Hall–Kier alpha value is -0.930. The van der Waals surface area contributed by atoms with Gasteiger partial charge in [0, 0.05) is 0 Å². The maximum atomic E-state index is 4.14. The van der Waals surface area contributed by atoms with Gasteiger partial charge in [-0.05, 0) is 38.1 Å². The molecular formula is C12H16N2S. The molecule has 1 aliphatic heterocycles. The van der Waals surface area contributed by atoms with E-state index in [9.17, 15) is 0 Å². The fourth-order valence-corrected chi connectivity index (χ4v) is 2.28. The van der Waals surface area contributed by atoms with Crippen molar-refractivity contribution >= 4 is 21.6 Å². The van der Waals surface area contributed by atoms with Crippen LogP contribution in [0.5, 0.6) is 0 Å². The lowest BCUT2D eigenvalue weighted by atomic mass is 10.2. The molecule has 0 aliphatic carbocycles. The summed E-state index contributed by atoms with van der Waals surface area (Å²) in [5, 5.41) is 3.28. The van der Waals surface area contributed by atoms with Crippen LogP contribution in [0.2, 0.25) is 0 Å². The zero-order chi connectivity index (χ0) is 10.3. The van der Waals surface area contributed by atoms with Gasteiger partial charge in [-0.1, -0.05) is 18.6 Å². The minimum Gasteiger partial charge on any atom is -0.317 e. The quantitative estimate of drug-likeness (QED) is 0.738. The van der Waals surface area contributed by atoms with Crippen LogP contribution >= 0.6 is 11.3 Å². The summed E-state index contributed by atoms with van der Waals surface area (Å²) in [4.78, 5) is 4.14. The molecule has 80 valence electrons. The molecule has 1 aromatic heterocycles. The van der Waals surface area contributed by atoms with Gasteiger partial charge in [-0.2, -0.15) is 0 Å². The largest absolute Gasteiger partial charge is 0.317 e. The number of nitrogens with one attached hydrogen (secondary N) is 1. The summed E-state index contributed by atoms with van der Waals surface area (Å²) in [5.41, 5.74) is 2.97. The normalized spacial score (nSPS) is 15.7. The maximum absolute atomic E-state index is 4.14. The molecule has 0 atom stereocenters. The second-order valence-electron chi connectivity index (χ2n) is 3.63. The van der Waals surface area contributed by atoms with Crippen LogP contribution in [0.1, 0.15) is 19.3 Å². The molecule has 0 bridgehead atoms. The monoisotopic (exact) mass is 220 g/mol. The lowest BCUT2D eigenvalue weighted by Crippen LogP contribution is -2.21. The van der Waals surface area contributed by atoms with Crippen LogP contribution in [0.4, 0.5) is 0 Å². The van der Waals surface area contributed by atoms with Crippen molar-refractivity contribution in [1.82, 2.24) is 10.3 Å². The Morgan fingerprint density at radius 2 is 1.87 bits per heavy atom. The van der Waals surface area contributed by atoms with Crippen molar-refractivity contribution in [2.75, 3.05) is 13.1 Å². The van der Waals surface area contributed by atoms with Crippen LogP contribution in [-0.2, 0) is 0 Å². The summed E-state index contributed by atoms with van der Waals surface area (Å²) in [5.74, 6) is 0. The number of para-hydroxylation sites is 1. The number of hydrogen-bond acceptors (Lipinski definition) is 3. The predicted molar refractivity (Wildman–Crippen MR) is 66.3 cm³/mol. The van der Waals surface area contributed by atoms with Gasteiger partial charge in [0.1, 0.15) is 0 Å². The van der Waals surface area contributed by atoms with Crippen molar-refractivity contribution < 1.29 is 0 Å². The molecule has 0 saturated carbocycles. The van der Waals surface area contributed by atoms with Crippen LogP contribution in [0, 0.1) is 0 Å². The molecule has 0 amide bonds. The molecule has 1 N–H and O–H groups in total. The number of hydrogen-bond donors (Lipinski definition) is 1. The van der Waals surface area contributed by atoms with Gasteiger partial charge >= 0.3 is 0 Å². The van der Waals surface area contributed by atoms with E-state index in [0.29, 0.717) is 0 Å². The van der Waals surface area contributed by atoms with Crippen LogP contribution in [0.15, 0.2) is 29.8 Å². The highest BCUT2D eigenvalue weighted by Crippen LogP contribution is 2.15. The highest BCUT2D eigenvalue weighted by Gasteiger charge is 1.93. The van der Waals surface area contributed by atoms with Gasteiger partial charge in [-0.15, -0.1) is 11.3 Å². The first-order valence-electron chi connectivity index (χ1n) is 5.46. The molecule has 1 aliphatic rings. The first-order valence-corrected chi connectivity index (χ1v) is 6.34. The van der Waals surface area contributed by atoms with Gasteiger partial charge < -0.3 is 5.32 Å². The summed E-state index contributed by atoms with van der Waals surface area (Å²) in [6, 6.07) is 8.13. The SMILES string of the molecule is C1CCNCC1.c1ccc2scnc2c1. The van der Waals surface area contributed by atoms with Gasteiger partial charge in [0.05, 0.1) is 15.7 Å². The summed E-state index contributed by atoms with van der Waals surface area (Å²) in [6.07, 6.45) is 4.22. The zero-order valence-corrected chi connectivity index (χ0v) is 9.59. The van der Waals surface area contributed by atoms with E-state index in [-0.39, 0.29) is 0 Å². The molecule has 0 spiro atoms. The van der Waals surface area contributed by atoms with Crippen molar-refractivity contribution in [2.45, 2.75) is 19.3 Å². The molecule has 2 nitrogen and oxygen atoms in total. The zero-order valence-electron chi connectivity index (χ0n) is 8.78. The molecule has 0 radical (unpaired) electrons. The Morgan fingerprint density at radius 1 is 1.07 bits per heavy atom. The maximum Gasteiger partial charge on any atom is 0.0812 e. The summed E-state index contributed by atoms with van der Waals surface area (Å²) >= 11 is 1.68. The molecule has 2 heterocycles. The highest BCUT2D eigenvalue weighted by atomic mass is 32.1. The third kappa shape index (κ3) is 3.29. The van der Waals surface area contributed by atoms with Gasteiger partial charge in [-0.3, -0.25) is 0 Å². The van der Waals surface area contributed by atoms with Gasteiger partial charge in [0.15, 0.2) is 0 Å². The number of rotatable bonds is 0. The van der Waals surface area contributed by atoms with Crippen LogP contribution in [0.25, 0.3) is 10.2 Å². The van der Waals surface area contributed by atoms with Crippen LogP contribution in [0.3, 0.4) is 0 Å². The third-order valence-corrected chi connectivity index (χ3v) is 3.25. The second kappa shape index (κ2) is 5.83. The lowest BCUT2D eigenvalue weighted by Gasteiger charge is -2.08. The van der Waals surface area contributed by atoms with Crippen molar-refractivity contribution in [3.8, 4) is 0 Å². The average molecular weight is 220 g/mol. The first-order chi connectivity index (χ1) is 7.47. The van der Waals surface area contributed by atoms with Gasteiger partial charge in [0.2, 0.25) is 0 Å². The number of nitrogens with zero attached hydrogens (tertiary/aromatic N) is 1. The first kappa shape index (κ1) is 10.6. The topological polar surface area (TPSA) is 24.9 Å². The molecule has 2 aromatic rings. The molecule has 3 heteroatoms. The summed E-state index contributed by atoms with van der Waals surface area (Å²) in [6.45, 7) is 2.50. The smallest absolute Gasteiger partial charge is 0.0812 e.